The highest BCUT2D eigenvalue weighted by molar-refractivity contribution is 6.07. The van der Waals surface area contributed by atoms with E-state index in [9.17, 15) is 25.2 Å². The molecule has 0 saturated carbocycles. The zero-order chi connectivity index (χ0) is 20.5. The lowest BCUT2D eigenvalue weighted by molar-refractivity contribution is 0.0260. The van der Waals surface area contributed by atoms with Crippen LogP contribution in [-0.4, -0.2) is 55.1 Å². The molecule has 1 N–H and O–H groups in total. The molecule has 0 radical (unpaired) electrons. The third-order valence-electron chi connectivity index (χ3n) is 4.98. The molecule has 142 valence electrons. The van der Waals surface area contributed by atoms with Crippen molar-refractivity contribution in [1.29, 1.82) is 10.5 Å². The molecule has 28 heavy (non-hydrogen) atoms. The zero-order valence-corrected chi connectivity index (χ0v) is 15.2. The van der Waals surface area contributed by atoms with Crippen LogP contribution in [0.2, 0.25) is 0 Å². The highest BCUT2D eigenvalue weighted by Crippen LogP contribution is 2.44. The Balaban J connectivity index is 2.43. The molecule has 2 aliphatic rings. The quantitative estimate of drug-likeness (QED) is 0.601. The van der Waals surface area contributed by atoms with E-state index in [1.54, 1.807) is 5.01 Å². The normalized spacial score (nSPS) is 22.2. The summed E-state index contributed by atoms with van der Waals surface area (Å²) in [5.74, 6) is -1.90. The molecule has 2 aliphatic heterocycles. The minimum Gasteiger partial charge on any atom is -0.465 e. The largest absolute Gasteiger partial charge is 0.465 e. The van der Waals surface area contributed by atoms with Crippen LogP contribution in [0.3, 0.4) is 0 Å². The van der Waals surface area contributed by atoms with Crippen molar-refractivity contribution in [1.82, 2.24) is 5.01 Å². The van der Waals surface area contributed by atoms with E-state index in [4.69, 9.17) is 9.47 Å². The maximum Gasteiger partial charge on any atom is 0.340 e. The first-order chi connectivity index (χ1) is 13.5. The van der Waals surface area contributed by atoms with Crippen molar-refractivity contribution >= 4 is 18.2 Å². The summed E-state index contributed by atoms with van der Waals surface area (Å²) in [6, 6.07) is 5.15. The summed E-state index contributed by atoms with van der Waals surface area (Å²) < 4.78 is 9.47. The fourth-order valence-electron chi connectivity index (χ4n) is 3.65. The van der Waals surface area contributed by atoms with Crippen molar-refractivity contribution in [2.24, 2.45) is 5.10 Å². The number of carbonyl (C=O) groups excluding carboxylic acids is 2. The second-order valence-corrected chi connectivity index (χ2v) is 6.19. The smallest absolute Gasteiger partial charge is 0.340 e. The van der Waals surface area contributed by atoms with Crippen molar-refractivity contribution in [3.63, 3.8) is 0 Å². The van der Waals surface area contributed by atoms with Crippen molar-refractivity contribution in [3.8, 4) is 12.1 Å². The number of hydrogen-bond acceptors (Lipinski definition) is 9. The summed E-state index contributed by atoms with van der Waals surface area (Å²) >= 11 is 0. The van der Waals surface area contributed by atoms with Gasteiger partial charge in [-0.05, 0) is 12.5 Å². The summed E-state index contributed by atoms with van der Waals surface area (Å²) in [5.41, 5.74) is -2.01. The molecule has 0 spiro atoms. The summed E-state index contributed by atoms with van der Waals surface area (Å²) in [5, 5.41) is 36.0. The number of aliphatic hydroxyl groups excluding tert-OH is 1. The van der Waals surface area contributed by atoms with Crippen molar-refractivity contribution in [2.45, 2.75) is 18.1 Å². The average molecular weight is 380 g/mol. The Kier molecular flexibility index (Phi) is 4.87. The van der Waals surface area contributed by atoms with Crippen LogP contribution in [0.4, 0.5) is 0 Å². The minimum atomic E-state index is -1.18. The van der Waals surface area contributed by atoms with E-state index >= 15 is 0 Å². The number of nitrogens with zero attached hydrogens (tertiary/aromatic N) is 4. The lowest BCUT2D eigenvalue weighted by Gasteiger charge is -2.42. The van der Waals surface area contributed by atoms with E-state index in [-0.39, 0.29) is 34.2 Å². The maximum atomic E-state index is 12.5. The van der Waals surface area contributed by atoms with Crippen molar-refractivity contribution in [3.05, 3.63) is 46.0 Å². The van der Waals surface area contributed by atoms with Gasteiger partial charge in [0.2, 0.25) is 0 Å². The first-order valence-corrected chi connectivity index (χ1v) is 8.29. The molecular formula is C19H16N4O5. The molecule has 2 heterocycles. The summed E-state index contributed by atoms with van der Waals surface area (Å²) in [7, 11) is 2.20. The van der Waals surface area contributed by atoms with Crippen LogP contribution in [0.25, 0.3) is 0 Å². The van der Waals surface area contributed by atoms with Gasteiger partial charge in [-0.2, -0.15) is 15.6 Å². The van der Waals surface area contributed by atoms with Gasteiger partial charge in [-0.25, -0.2) is 9.59 Å². The number of aliphatic hydroxyl groups is 1. The highest BCUT2D eigenvalue weighted by atomic mass is 16.5. The molecule has 2 unspecified atom stereocenters. The molecule has 9 nitrogen and oxygen atoms in total. The fraction of sp³-hybridized carbons (Fsp3) is 0.316. The van der Waals surface area contributed by atoms with Gasteiger partial charge in [0.1, 0.15) is 23.8 Å². The number of methoxy groups -OCH3 is 2. The van der Waals surface area contributed by atoms with Gasteiger partial charge in [0.05, 0.1) is 49.2 Å². The Morgan fingerprint density at radius 2 is 1.89 bits per heavy atom. The second kappa shape index (κ2) is 7.14. The molecule has 0 aliphatic carbocycles. The number of ether oxygens (including phenoxy) is 2. The molecule has 1 aromatic rings. The van der Waals surface area contributed by atoms with Crippen LogP contribution in [0.5, 0.6) is 0 Å². The van der Waals surface area contributed by atoms with E-state index in [0.717, 1.165) is 14.2 Å². The van der Waals surface area contributed by atoms with E-state index in [2.05, 4.69) is 5.10 Å². The summed E-state index contributed by atoms with van der Waals surface area (Å²) in [4.78, 5) is 24.8. The van der Waals surface area contributed by atoms with E-state index in [1.807, 2.05) is 24.3 Å². The molecule has 0 aromatic heterocycles. The number of benzene rings is 1. The maximum absolute atomic E-state index is 12.5. The van der Waals surface area contributed by atoms with Crippen molar-refractivity contribution in [2.75, 3.05) is 20.8 Å². The van der Waals surface area contributed by atoms with Crippen LogP contribution in [0, 0.1) is 22.7 Å². The number of rotatable bonds is 3. The van der Waals surface area contributed by atoms with Gasteiger partial charge in [0.15, 0.2) is 0 Å². The van der Waals surface area contributed by atoms with E-state index in [1.165, 1.54) is 12.3 Å². The van der Waals surface area contributed by atoms with Gasteiger partial charge >= 0.3 is 11.9 Å². The van der Waals surface area contributed by atoms with Gasteiger partial charge in [-0.3, -0.25) is 5.01 Å². The molecule has 0 fully saturated rings. The standard InChI is InChI=1S/C19H16N4O5/c1-27-17(25)15-11(8-20)7-13(12(9-21)16(15)18(26)28-2)19-5-3-4-6-23(19)22-10-14(19)24/h3-4,7,10,14,24H,5-6H2,1-2H3. The predicted octanol–water partition coefficient (Wildman–Crippen LogP) is 0.821. The first kappa shape index (κ1) is 19.1. The lowest BCUT2D eigenvalue weighted by Crippen LogP contribution is -2.50. The molecule has 2 atom stereocenters. The molecule has 3 rings (SSSR count). The Labute approximate surface area is 160 Å². The number of esters is 2. The molecule has 1 aromatic carbocycles. The second-order valence-electron chi connectivity index (χ2n) is 6.19. The number of hydrogen-bond donors (Lipinski definition) is 1. The zero-order valence-electron chi connectivity index (χ0n) is 15.2. The number of hydrazone groups is 1. The molecule has 9 heteroatoms. The molecule has 0 saturated heterocycles. The molecule has 0 amide bonds. The lowest BCUT2D eigenvalue weighted by atomic mass is 9.75. The monoisotopic (exact) mass is 380 g/mol. The number of carbonyl (C=O) groups is 2. The highest BCUT2D eigenvalue weighted by Gasteiger charge is 2.50. The van der Waals surface area contributed by atoms with Crippen LogP contribution in [-0.2, 0) is 15.0 Å². The Morgan fingerprint density at radius 1 is 1.21 bits per heavy atom. The number of nitriles is 2. The van der Waals surface area contributed by atoms with Gasteiger partial charge in [0.25, 0.3) is 0 Å². The summed E-state index contributed by atoms with van der Waals surface area (Å²) in [6.45, 7) is 0.368. The molecule has 0 bridgehead atoms. The Morgan fingerprint density at radius 3 is 2.50 bits per heavy atom. The van der Waals surface area contributed by atoms with Gasteiger partial charge in [-0.1, -0.05) is 12.2 Å². The SMILES string of the molecule is COC(=O)c1c(C#N)cc(C23CC=CCN2N=CC3O)c(C#N)c1C(=O)OC. The Bertz CT molecular complexity index is 1000. The average Bonchev–Trinajstić information content (AvgIpc) is 3.08. The molecular weight excluding hydrogens is 364 g/mol. The third kappa shape index (κ3) is 2.53. The first-order valence-electron chi connectivity index (χ1n) is 8.29. The summed E-state index contributed by atoms with van der Waals surface area (Å²) in [6.07, 6.45) is 4.21. The van der Waals surface area contributed by atoms with Crippen LogP contribution >= 0.6 is 0 Å². The minimum absolute atomic E-state index is 0.163. The number of fused-ring (bicyclic) bond motifs is 1. The van der Waals surface area contributed by atoms with E-state index < -0.39 is 23.6 Å². The van der Waals surface area contributed by atoms with E-state index in [0.29, 0.717) is 6.54 Å². The topological polar surface area (TPSA) is 136 Å². The van der Waals surface area contributed by atoms with Gasteiger partial charge in [-0.15, -0.1) is 0 Å². The van der Waals surface area contributed by atoms with Crippen LogP contribution in [0.15, 0.2) is 23.3 Å². The Hall–Kier alpha value is -3.69. The van der Waals surface area contributed by atoms with Crippen LogP contribution < -0.4 is 0 Å². The van der Waals surface area contributed by atoms with Gasteiger partial charge in [0, 0.05) is 5.56 Å². The fourth-order valence-corrected chi connectivity index (χ4v) is 3.65. The van der Waals surface area contributed by atoms with Crippen LogP contribution in [0.1, 0.15) is 43.8 Å². The van der Waals surface area contributed by atoms with Crippen molar-refractivity contribution < 1.29 is 24.2 Å². The van der Waals surface area contributed by atoms with Gasteiger partial charge < -0.3 is 14.6 Å². The third-order valence-corrected chi connectivity index (χ3v) is 4.98. The predicted molar refractivity (Wildman–Crippen MR) is 95.2 cm³/mol.